The van der Waals surface area contributed by atoms with Gasteiger partial charge in [0.25, 0.3) is 0 Å². The van der Waals surface area contributed by atoms with E-state index in [9.17, 15) is 9.59 Å². The minimum atomic E-state index is -0.711. The van der Waals surface area contributed by atoms with Crippen LogP contribution in [0.2, 0.25) is 0 Å². The van der Waals surface area contributed by atoms with Crippen molar-refractivity contribution in [3.05, 3.63) is 29.8 Å². The highest BCUT2D eigenvalue weighted by molar-refractivity contribution is 5.84. The van der Waals surface area contributed by atoms with Crippen LogP contribution in [-0.4, -0.2) is 25.4 Å². The minimum Gasteiger partial charge on any atom is -0.450 e. The van der Waals surface area contributed by atoms with Crippen molar-refractivity contribution in [2.24, 2.45) is 5.73 Å². The lowest BCUT2D eigenvalue weighted by Crippen LogP contribution is -2.12. The van der Waals surface area contributed by atoms with Gasteiger partial charge in [-0.2, -0.15) is 0 Å². The monoisotopic (exact) mass is 268 g/mol. The Bertz CT molecular complexity index is 390. The lowest BCUT2D eigenvalue weighted by molar-refractivity contribution is 0.163. The molecule has 0 radical (unpaired) electrons. The minimum absolute atomic E-state index is 0.356. The number of aryl methyl sites for hydroxylation is 1. The van der Waals surface area contributed by atoms with Crippen LogP contribution >= 0.6 is 0 Å². The molecule has 0 aliphatic carbocycles. The number of ether oxygens (including phenoxy) is 2. The second-order valence-corrected chi connectivity index (χ2v) is 3.46. The van der Waals surface area contributed by atoms with Gasteiger partial charge in [-0.3, -0.25) is 5.32 Å². The summed E-state index contributed by atoms with van der Waals surface area (Å²) in [4.78, 5) is 20.6. The molecule has 0 aliphatic rings. The zero-order valence-electron chi connectivity index (χ0n) is 11.4. The highest BCUT2D eigenvalue weighted by atomic mass is 16.5. The summed E-state index contributed by atoms with van der Waals surface area (Å²) in [6, 6.07) is 7.54. The highest BCUT2D eigenvalue weighted by Gasteiger charge is 1.99. The fourth-order valence-corrected chi connectivity index (χ4v) is 1.06. The summed E-state index contributed by atoms with van der Waals surface area (Å²) in [5.74, 6) is 0. The number of hydrogen-bond donors (Lipinski definition) is 2. The molecule has 0 aromatic heterocycles. The third-order valence-electron chi connectivity index (χ3n) is 1.86. The van der Waals surface area contributed by atoms with Crippen molar-refractivity contribution in [3.8, 4) is 0 Å². The first-order valence-electron chi connectivity index (χ1n) is 5.92. The molecule has 1 aromatic carbocycles. The van der Waals surface area contributed by atoms with Gasteiger partial charge in [0.15, 0.2) is 0 Å². The first kappa shape index (κ1) is 16.8. The van der Waals surface area contributed by atoms with E-state index in [4.69, 9.17) is 4.74 Å². The van der Waals surface area contributed by atoms with Gasteiger partial charge in [-0.25, -0.2) is 9.59 Å². The van der Waals surface area contributed by atoms with E-state index in [2.05, 4.69) is 15.8 Å². The van der Waals surface area contributed by atoms with Gasteiger partial charge in [0.2, 0.25) is 0 Å². The number of primary amides is 1. The summed E-state index contributed by atoms with van der Waals surface area (Å²) < 4.78 is 8.91. The zero-order valence-corrected chi connectivity index (χ0v) is 11.4. The maximum Gasteiger partial charge on any atom is 0.411 e. The zero-order chi connectivity index (χ0) is 14.7. The van der Waals surface area contributed by atoms with E-state index >= 15 is 0 Å². The summed E-state index contributed by atoms with van der Waals surface area (Å²) >= 11 is 0. The molecule has 0 spiro atoms. The molecular formula is C13H20N2O4. The molecule has 6 heteroatoms. The Morgan fingerprint density at radius 2 is 1.63 bits per heavy atom. The van der Waals surface area contributed by atoms with Crippen LogP contribution in [0.25, 0.3) is 0 Å². The number of nitrogens with one attached hydrogen (secondary N) is 1. The van der Waals surface area contributed by atoms with Crippen LogP contribution in [0.5, 0.6) is 0 Å². The molecule has 0 aliphatic heterocycles. The van der Waals surface area contributed by atoms with Crippen molar-refractivity contribution in [2.45, 2.75) is 20.8 Å². The van der Waals surface area contributed by atoms with E-state index in [0.29, 0.717) is 13.2 Å². The van der Waals surface area contributed by atoms with Gasteiger partial charge in [0, 0.05) is 5.69 Å². The van der Waals surface area contributed by atoms with E-state index in [-0.39, 0.29) is 0 Å². The summed E-state index contributed by atoms with van der Waals surface area (Å²) in [5.41, 5.74) is 6.46. The summed E-state index contributed by atoms with van der Waals surface area (Å²) in [6.45, 7) is 6.21. The lowest BCUT2D eigenvalue weighted by atomic mass is 10.2. The number of carbonyl (C=O) groups is 2. The molecule has 1 aromatic rings. The molecule has 0 heterocycles. The average Bonchev–Trinajstić information content (AvgIpc) is 2.33. The second-order valence-electron chi connectivity index (χ2n) is 3.46. The summed E-state index contributed by atoms with van der Waals surface area (Å²) in [7, 11) is 0. The van der Waals surface area contributed by atoms with E-state index < -0.39 is 12.2 Å². The fraction of sp³-hybridized carbons (Fsp3) is 0.385. The van der Waals surface area contributed by atoms with Crippen LogP contribution in [-0.2, 0) is 9.47 Å². The van der Waals surface area contributed by atoms with Gasteiger partial charge >= 0.3 is 12.2 Å². The van der Waals surface area contributed by atoms with Gasteiger partial charge in [0.1, 0.15) is 0 Å². The summed E-state index contributed by atoms with van der Waals surface area (Å²) in [6.07, 6.45) is -1.12. The molecular weight excluding hydrogens is 248 g/mol. The van der Waals surface area contributed by atoms with Crippen molar-refractivity contribution < 1.29 is 19.1 Å². The van der Waals surface area contributed by atoms with E-state index in [1.165, 1.54) is 0 Å². The Morgan fingerprint density at radius 3 is 2.00 bits per heavy atom. The van der Waals surface area contributed by atoms with Crippen LogP contribution < -0.4 is 11.1 Å². The third kappa shape index (κ3) is 9.46. The predicted molar refractivity (Wildman–Crippen MR) is 73.0 cm³/mol. The molecule has 0 fully saturated rings. The highest BCUT2D eigenvalue weighted by Crippen LogP contribution is 2.08. The molecule has 3 N–H and O–H groups in total. The largest absolute Gasteiger partial charge is 0.450 e. The van der Waals surface area contributed by atoms with Crippen LogP contribution in [0.15, 0.2) is 24.3 Å². The van der Waals surface area contributed by atoms with Gasteiger partial charge < -0.3 is 15.2 Å². The van der Waals surface area contributed by atoms with Crippen LogP contribution in [0, 0.1) is 6.92 Å². The molecule has 19 heavy (non-hydrogen) atoms. The molecule has 0 saturated heterocycles. The molecule has 0 saturated carbocycles. The van der Waals surface area contributed by atoms with Gasteiger partial charge in [-0.05, 0) is 32.9 Å². The van der Waals surface area contributed by atoms with Crippen molar-refractivity contribution in [3.63, 3.8) is 0 Å². The third-order valence-corrected chi connectivity index (χ3v) is 1.86. The normalized spacial score (nSPS) is 8.79. The number of benzene rings is 1. The number of hydrogen-bond acceptors (Lipinski definition) is 4. The number of rotatable bonds is 3. The number of amides is 2. The fourth-order valence-electron chi connectivity index (χ4n) is 1.06. The molecule has 0 bridgehead atoms. The van der Waals surface area contributed by atoms with Gasteiger partial charge in [-0.15, -0.1) is 0 Å². The van der Waals surface area contributed by atoms with Crippen LogP contribution in [0.3, 0.4) is 0 Å². The van der Waals surface area contributed by atoms with E-state index in [1.54, 1.807) is 13.8 Å². The number of carbonyl (C=O) groups excluding carboxylic acids is 2. The maximum atomic E-state index is 11.0. The second kappa shape index (κ2) is 9.76. The average molecular weight is 268 g/mol. The standard InChI is InChI=1S/C10H13NO2.C3H7NO2/c1-3-13-10(12)11-9-6-4-8(2)5-7-9;1-2-6-3(4)5/h4-7H,3H2,1-2H3,(H,11,12);2H2,1H3,(H2,4,5). The summed E-state index contributed by atoms with van der Waals surface area (Å²) in [5, 5.41) is 2.61. The predicted octanol–water partition coefficient (Wildman–Crippen LogP) is 2.67. The molecule has 106 valence electrons. The van der Waals surface area contributed by atoms with Crippen molar-refractivity contribution in [1.29, 1.82) is 0 Å². The van der Waals surface area contributed by atoms with Gasteiger partial charge in [0.05, 0.1) is 13.2 Å². The number of nitrogens with two attached hydrogens (primary N) is 1. The van der Waals surface area contributed by atoms with Crippen molar-refractivity contribution in [2.75, 3.05) is 18.5 Å². The Balaban J connectivity index is 0.000000459. The Labute approximate surface area is 112 Å². The van der Waals surface area contributed by atoms with Gasteiger partial charge in [-0.1, -0.05) is 17.7 Å². The van der Waals surface area contributed by atoms with E-state index in [1.807, 2.05) is 31.2 Å². The Hall–Kier alpha value is -2.24. The molecule has 2 amide bonds. The van der Waals surface area contributed by atoms with Crippen LogP contribution in [0.4, 0.5) is 15.3 Å². The van der Waals surface area contributed by atoms with Crippen molar-refractivity contribution in [1.82, 2.24) is 0 Å². The Kier molecular flexibility index (Phi) is 8.61. The van der Waals surface area contributed by atoms with Crippen molar-refractivity contribution >= 4 is 17.9 Å². The first-order chi connectivity index (χ1) is 8.99. The molecule has 0 atom stereocenters. The SMILES string of the molecule is CCOC(=O)Nc1ccc(C)cc1.CCOC(N)=O. The lowest BCUT2D eigenvalue weighted by Gasteiger charge is -2.04. The molecule has 6 nitrogen and oxygen atoms in total. The van der Waals surface area contributed by atoms with E-state index in [0.717, 1.165) is 11.3 Å². The quantitative estimate of drug-likeness (QED) is 0.881. The maximum absolute atomic E-state index is 11.0. The van der Waals surface area contributed by atoms with Crippen LogP contribution in [0.1, 0.15) is 19.4 Å². The molecule has 1 rings (SSSR count). The Morgan fingerprint density at radius 1 is 1.11 bits per heavy atom. The number of anilines is 1. The molecule has 0 unspecified atom stereocenters. The smallest absolute Gasteiger partial charge is 0.411 e. The topological polar surface area (TPSA) is 90.7 Å². The first-order valence-corrected chi connectivity index (χ1v) is 5.92.